The van der Waals surface area contributed by atoms with E-state index in [-0.39, 0.29) is 6.04 Å². The normalized spacial score (nSPS) is 12.5. The van der Waals surface area contributed by atoms with Crippen LogP contribution in [0.2, 0.25) is 0 Å². The van der Waals surface area contributed by atoms with Crippen LogP contribution in [0.15, 0.2) is 0 Å². The molecule has 0 aliphatic rings. The van der Waals surface area contributed by atoms with E-state index < -0.39 is 0 Å². The van der Waals surface area contributed by atoms with E-state index in [1.165, 1.54) is 0 Å². The SMILES string of the molecule is C#CC(NN)c1c(C)nn(C)c1C. The topological polar surface area (TPSA) is 55.9 Å². The van der Waals surface area contributed by atoms with Crippen molar-refractivity contribution >= 4 is 0 Å². The van der Waals surface area contributed by atoms with Gasteiger partial charge in [0, 0.05) is 18.3 Å². The lowest BCUT2D eigenvalue weighted by Crippen LogP contribution is -2.27. The highest BCUT2D eigenvalue weighted by Gasteiger charge is 2.16. The Hall–Kier alpha value is -1.31. The first-order valence-corrected chi connectivity index (χ1v) is 4.04. The molecule has 1 rings (SSSR count). The van der Waals surface area contributed by atoms with Crippen LogP contribution >= 0.6 is 0 Å². The molecule has 0 bridgehead atoms. The fraction of sp³-hybridized carbons (Fsp3) is 0.444. The minimum absolute atomic E-state index is 0.256. The van der Waals surface area contributed by atoms with Crippen LogP contribution in [-0.4, -0.2) is 9.78 Å². The van der Waals surface area contributed by atoms with E-state index in [4.69, 9.17) is 12.3 Å². The minimum Gasteiger partial charge on any atom is -0.272 e. The van der Waals surface area contributed by atoms with E-state index in [2.05, 4.69) is 16.4 Å². The van der Waals surface area contributed by atoms with Crippen molar-refractivity contribution in [2.45, 2.75) is 19.9 Å². The van der Waals surface area contributed by atoms with Crippen LogP contribution in [0.3, 0.4) is 0 Å². The first-order valence-electron chi connectivity index (χ1n) is 4.04. The van der Waals surface area contributed by atoms with E-state index in [1.807, 2.05) is 20.9 Å². The van der Waals surface area contributed by atoms with Crippen LogP contribution in [0.5, 0.6) is 0 Å². The average molecular weight is 178 g/mol. The van der Waals surface area contributed by atoms with Gasteiger partial charge in [-0.25, -0.2) is 5.43 Å². The predicted molar refractivity (Wildman–Crippen MR) is 51.6 cm³/mol. The zero-order chi connectivity index (χ0) is 10.0. The van der Waals surface area contributed by atoms with Gasteiger partial charge in [0.1, 0.15) is 6.04 Å². The van der Waals surface area contributed by atoms with Crippen molar-refractivity contribution in [3.63, 3.8) is 0 Å². The molecule has 0 aliphatic carbocycles. The number of nitrogens with two attached hydrogens (primary N) is 1. The predicted octanol–water partition coefficient (Wildman–Crippen LogP) is 0.175. The Morgan fingerprint density at radius 1 is 1.62 bits per heavy atom. The number of hydrogen-bond acceptors (Lipinski definition) is 3. The molecule has 0 spiro atoms. The monoisotopic (exact) mass is 178 g/mol. The third kappa shape index (κ3) is 1.57. The Morgan fingerprint density at radius 2 is 2.23 bits per heavy atom. The molecule has 0 amide bonds. The molecular weight excluding hydrogens is 164 g/mol. The summed E-state index contributed by atoms with van der Waals surface area (Å²) in [6.45, 7) is 3.89. The quantitative estimate of drug-likeness (QED) is 0.386. The number of aromatic nitrogens is 2. The van der Waals surface area contributed by atoms with Gasteiger partial charge in [0.05, 0.1) is 5.69 Å². The van der Waals surface area contributed by atoms with Crippen molar-refractivity contribution in [2.24, 2.45) is 12.9 Å². The van der Waals surface area contributed by atoms with Crippen molar-refractivity contribution in [2.75, 3.05) is 0 Å². The summed E-state index contributed by atoms with van der Waals surface area (Å²) < 4.78 is 1.80. The molecule has 4 heteroatoms. The lowest BCUT2D eigenvalue weighted by Gasteiger charge is -2.09. The highest BCUT2D eigenvalue weighted by atomic mass is 15.3. The number of nitrogens with one attached hydrogen (secondary N) is 1. The number of rotatable bonds is 2. The lowest BCUT2D eigenvalue weighted by molar-refractivity contribution is 0.663. The molecular formula is C9H14N4. The summed E-state index contributed by atoms with van der Waals surface area (Å²) in [5.74, 6) is 7.91. The second kappa shape index (κ2) is 3.60. The first-order chi connectivity index (χ1) is 6.11. The molecule has 70 valence electrons. The molecule has 1 heterocycles. The third-order valence-corrected chi connectivity index (χ3v) is 2.19. The zero-order valence-electron chi connectivity index (χ0n) is 8.13. The molecule has 0 aliphatic heterocycles. The molecule has 3 N–H and O–H groups in total. The van der Waals surface area contributed by atoms with Crippen molar-refractivity contribution in [3.8, 4) is 12.3 Å². The molecule has 1 aromatic heterocycles. The van der Waals surface area contributed by atoms with E-state index in [0.717, 1.165) is 17.0 Å². The van der Waals surface area contributed by atoms with Gasteiger partial charge in [-0.1, -0.05) is 5.92 Å². The Labute approximate surface area is 78.1 Å². The van der Waals surface area contributed by atoms with Crippen molar-refractivity contribution in [1.29, 1.82) is 0 Å². The van der Waals surface area contributed by atoms with Crippen LogP contribution in [0, 0.1) is 26.2 Å². The van der Waals surface area contributed by atoms with Gasteiger partial charge in [0.25, 0.3) is 0 Å². The van der Waals surface area contributed by atoms with Gasteiger partial charge in [0.2, 0.25) is 0 Å². The summed E-state index contributed by atoms with van der Waals surface area (Å²) in [6.07, 6.45) is 5.33. The zero-order valence-corrected chi connectivity index (χ0v) is 8.13. The molecule has 0 fully saturated rings. The molecule has 0 aromatic carbocycles. The van der Waals surface area contributed by atoms with Gasteiger partial charge in [-0.3, -0.25) is 10.5 Å². The van der Waals surface area contributed by atoms with Gasteiger partial charge < -0.3 is 0 Å². The summed E-state index contributed by atoms with van der Waals surface area (Å²) in [6, 6.07) is -0.256. The second-order valence-electron chi connectivity index (χ2n) is 2.97. The van der Waals surface area contributed by atoms with Crippen LogP contribution in [0.25, 0.3) is 0 Å². The van der Waals surface area contributed by atoms with Gasteiger partial charge in [0.15, 0.2) is 0 Å². The maximum Gasteiger partial charge on any atom is 0.110 e. The number of hydrazine groups is 1. The fourth-order valence-electron chi connectivity index (χ4n) is 1.42. The van der Waals surface area contributed by atoms with Gasteiger partial charge in [-0.15, -0.1) is 6.42 Å². The van der Waals surface area contributed by atoms with Crippen LogP contribution in [0.4, 0.5) is 0 Å². The van der Waals surface area contributed by atoms with Crippen LogP contribution in [-0.2, 0) is 7.05 Å². The third-order valence-electron chi connectivity index (χ3n) is 2.19. The molecule has 0 saturated heterocycles. The Bertz CT molecular complexity index is 345. The minimum atomic E-state index is -0.256. The van der Waals surface area contributed by atoms with Gasteiger partial charge >= 0.3 is 0 Å². The van der Waals surface area contributed by atoms with E-state index in [9.17, 15) is 0 Å². The maximum atomic E-state index is 5.33. The van der Waals surface area contributed by atoms with Crippen LogP contribution in [0.1, 0.15) is 23.0 Å². The maximum absolute atomic E-state index is 5.33. The molecule has 0 radical (unpaired) electrons. The summed E-state index contributed by atoms with van der Waals surface area (Å²) in [5.41, 5.74) is 5.52. The summed E-state index contributed by atoms with van der Waals surface area (Å²) in [4.78, 5) is 0. The smallest absolute Gasteiger partial charge is 0.110 e. The van der Waals surface area contributed by atoms with E-state index in [0.29, 0.717) is 0 Å². The molecule has 0 saturated carbocycles. The highest BCUT2D eigenvalue weighted by molar-refractivity contribution is 5.32. The molecule has 1 atom stereocenters. The lowest BCUT2D eigenvalue weighted by atomic mass is 10.1. The molecule has 1 aromatic rings. The summed E-state index contributed by atoms with van der Waals surface area (Å²) >= 11 is 0. The van der Waals surface area contributed by atoms with Gasteiger partial charge in [-0.2, -0.15) is 5.10 Å². The number of aryl methyl sites for hydroxylation is 2. The first kappa shape index (κ1) is 9.78. The van der Waals surface area contributed by atoms with Crippen molar-refractivity contribution in [1.82, 2.24) is 15.2 Å². The standard InChI is InChI=1S/C9H14N4/c1-5-8(11-10)9-6(2)12-13(4)7(9)3/h1,8,11H,10H2,2-4H3. The van der Waals surface area contributed by atoms with E-state index >= 15 is 0 Å². The number of nitrogens with zero attached hydrogens (tertiary/aromatic N) is 2. The van der Waals surface area contributed by atoms with Crippen molar-refractivity contribution in [3.05, 3.63) is 17.0 Å². The number of terminal acetylenes is 1. The molecule has 1 unspecified atom stereocenters. The van der Waals surface area contributed by atoms with Crippen LogP contribution < -0.4 is 11.3 Å². The summed E-state index contributed by atoms with van der Waals surface area (Å²) in [5, 5.41) is 4.25. The highest BCUT2D eigenvalue weighted by Crippen LogP contribution is 2.19. The summed E-state index contributed by atoms with van der Waals surface area (Å²) in [7, 11) is 1.88. The molecule has 4 nitrogen and oxygen atoms in total. The fourth-order valence-corrected chi connectivity index (χ4v) is 1.42. The van der Waals surface area contributed by atoms with Gasteiger partial charge in [-0.05, 0) is 13.8 Å². The molecule has 13 heavy (non-hydrogen) atoms. The second-order valence-corrected chi connectivity index (χ2v) is 2.97. The average Bonchev–Trinajstić information content (AvgIpc) is 2.34. The largest absolute Gasteiger partial charge is 0.272 e. The Balaban J connectivity index is 3.21. The Kier molecular flexibility index (Phi) is 2.71. The Morgan fingerprint density at radius 3 is 2.54 bits per heavy atom. The van der Waals surface area contributed by atoms with E-state index in [1.54, 1.807) is 4.68 Å². The van der Waals surface area contributed by atoms with Crippen molar-refractivity contribution < 1.29 is 0 Å². The number of hydrogen-bond donors (Lipinski definition) is 2.